The fraction of sp³-hybridized carbons (Fsp3) is 0.308. The van der Waals surface area contributed by atoms with Crippen molar-refractivity contribution in [1.29, 1.82) is 0 Å². The van der Waals surface area contributed by atoms with E-state index in [9.17, 15) is 24.5 Å². The number of carbonyl (C=O) groups excluding carboxylic acids is 2. The Labute approximate surface area is 131 Å². The number of carboxylic acid groups (broad SMARTS) is 1. The molecule has 1 rings (SSSR count). The molecule has 0 fully saturated rings. The van der Waals surface area contributed by atoms with E-state index in [1.807, 2.05) is 0 Å². The van der Waals surface area contributed by atoms with Crippen LogP contribution >= 0.6 is 0 Å². The van der Waals surface area contributed by atoms with E-state index in [-0.39, 0.29) is 35.9 Å². The SMILES string of the molecule is CC(=O)NCCNc1ccc(C(=O)NCC(=O)O)cc1[N+](=O)[O-]. The lowest BCUT2D eigenvalue weighted by Gasteiger charge is -2.09. The summed E-state index contributed by atoms with van der Waals surface area (Å²) in [5.41, 5.74) is -0.156. The van der Waals surface area contributed by atoms with E-state index >= 15 is 0 Å². The largest absolute Gasteiger partial charge is 0.480 e. The van der Waals surface area contributed by atoms with Gasteiger partial charge in [-0.2, -0.15) is 0 Å². The van der Waals surface area contributed by atoms with Gasteiger partial charge in [0.15, 0.2) is 0 Å². The van der Waals surface area contributed by atoms with Crippen LogP contribution in [0.2, 0.25) is 0 Å². The summed E-state index contributed by atoms with van der Waals surface area (Å²) in [7, 11) is 0. The predicted octanol–water partition coefficient (Wildman–Crippen LogP) is -0.0428. The molecule has 0 atom stereocenters. The molecule has 0 unspecified atom stereocenters. The first-order valence-electron chi connectivity index (χ1n) is 6.58. The molecule has 23 heavy (non-hydrogen) atoms. The highest BCUT2D eigenvalue weighted by Crippen LogP contribution is 2.25. The number of hydrogen-bond acceptors (Lipinski definition) is 6. The molecule has 0 heterocycles. The molecule has 0 saturated heterocycles. The van der Waals surface area contributed by atoms with Gasteiger partial charge in [0.1, 0.15) is 12.2 Å². The Morgan fingerprint density at radius 2 is 1.91 bits per heavy atom. The molecule has 10 nitrogen and oxygen atoms in total. The summed E-state index contributed by atoms with van der Waals surface area (Å²) in [6.07, 6.45) is 0. The van der Waals surface area contributed by atoms with Crippen LogP contribution in [0, 0.1) is 10.1 Å². The third kappa shape index (κ3) is 5.99. The Balaban J connectivity index is 2.81. The lowest BCUT2D eigenvalue weighted by Crippen LogP contribution is -2.29. The van der Waals surface area contributed by atoms with Gasteiger partial charge in [0, 0.05) is 31.6 Å². The summed E-state index contributed by atoms with van der Waals surface area (Å²) >= 11 is 0. The third-order valence-electron chi connectivity index (χ3n) is 2.67. The second-order valence-corrected chi connectivity index (χ2v) is 4.48. The molecular weight excluding hydrogens is 308 g/mol. The van der Waals surface area contributed by atoms with Gasteiger partial charge >= 0.3 is 5.97 Å². The van der Waals surface area contributed by atoms with Crippen molar-refractivity contribution in [2.75, 3.05) is 25.0 Å². The van der Waals surface area contributed by atoms with Gasteiger partial charge in [-0.1, -0.05) is 0 Å². The minimum atomic E-state index is -1.22. The first kappa shape index (κ1) is 17.9. The van der Waals surface area contributed by atoms with Crippen LogP contribution in [0.3, 0.4) is 0 Å². The zero-order valence-electron chi connectivity index (χ0n) is 12.3. The molecule has 0 spiro atoms. The number of rotatable bonds is 8. The van der Waals surface area contributed by atoms with Crippen LogP contribution < -0.4 is 16.0 Å². The lowest BCUT2D eigenvalue weighted by atomic mass is 10.1. The van der Waals surface area contributed by atoms with Crippen LogP contribution in [0.1, 0.15) is 17.3 Å². The van der Waals surface area contributed by atoms with Crippen LogP contribution in [0.5, 0.6) is 0 Å². The molecule has 0 saturated carbocycles. The maximum absolute atomic E-state index is 11.7. The first-order valence-corrected chi connectivity index (χ1v) is 6.58. The van der Waals surface area contributed by atoms with E-state index in [0.29, 0.717) is 0 Å². The van der Waals surface area contributed by atoms with Crippen LogP contribution in [0.4, 0.5) is 11.4 Å². The monoisotopic (exact) mass is 324 g/mol. The van der Waals surface area contributed by atoms with Crippen molar-refractivity contribution in [2.24, 2.45) is 0 Å². The van der Waals surface area contributed by atoms with Crippen LogP contribution in [0.15, 0.2) is 18.2 Å². The van der Waals surface area contributed by atoms with E-state index in [0.717, 1.165) is 6.07 Å². The van der Waals surface area contributed by atoms with Crippen molar-refractivity contribution in [3.8, 4) is 0 Å². The van der Waals surface area contributed by atoms with Crippen molar-refractivity contribution in [1.82, 2.24) is 10.6 Å². The maximum atomic E-state index is 11.7. The fourth-order valence-corrected chi connectivity index (χ4v) is 1.67. The highest BCUT2D eigenvalue weighted by atomic mass is 16.6. The molecule has 1 aromatic carbocycles. The minimum Gasteiger partial charge on any atom is -0.480 e. The number of hydrogen-bond donors (Lipinski definition) is 4. The first-order chi connectivity index (χ1) is 10.8. The van der Waals surface area contributed by atoms with Gasteiger partial charge < -0.3 is 21.1 Å². The van der Waals surface area contributed by atoms with E-state index in [4.69, 9.17) is 5.11 Å². The standard InChI is InChI=1S/C13H16N4O6/c1-8(18)14-4-5-15-10-3-2-9(6-11(10)17(22)23)13(21)16-7-12(19)20/h2-3,6,15H,4-5,7H2,1H3,(H,14,18)(H,16,21)(H,19,20). The van der Waals surface area contributed by atoms with Crippen molar-refractivity contribution < 1.29 is 24.4 Å². The van der Waals surface area contributed by atoms with Gasteiger partial charge in [-0.25, -0.2) is 0 Å². The summed E-state index contributed by atoms with van der Waals surface area (Å²) in [6.45, 7) is 1.33. The number of anilines is 1. The molecule has 1 aromatic rings. The number of nitrogens with zero attached hydrogens (tertiary/aromatic N) is 1. The Bertz CT molecular complexity index is 631. The van der Waals surface area contributed by atoms with E-state index in [1.165, 1.54) is 19.1 Å². The number of amides is 2. The second kappa shape index (κ2) is 8.32. The smallest absolute Gasteiger partial charge is 0.322 e. The van der Waals surface area contributed by atoms with Crippen molar-refractivity contribution >= 4 is 29.2 Å². The number of nitro benzene ring substituents is 1. The van der Waals surface area contributed by atoms with E-state index in [2.05, 4.69) is 16.0 Å². The topological polar surface area (TPSA) is 151 Å². The Morgan fingerprint density at radius 1 is 1.22 bits per heavy atom. The van der Waals surface area contributed by atoms with Crippen molar-refractivity contribution in [3.05, 3.63) is 33.9 Å². The number of carboxylic acids is 1. The van der Waals surface area contributed by atoms with E-state index < -0.39 is 23.3 Å². The van der Waals surface area contributed by atoms with Crippen molar-refractivity contribution in [3.63, 3.8) is 0 Å². The lowest BCUT2D eigenvalue weighted by molar-refractivity contribution is -0.384. The average molecular weight is 324 g/mol. The van der Waals surface area contributed by atoms with Crippen LogP contribution in [0.25, 0.3) is 0 Å². The molecule has 0 aromatic heterocycles. The molecular formula is C13H16N4O6. The molecule has 2 amide bonds. The maximum Gasteiger partial charge on any atom is 0.322 e. The predicted molar refractivity (Wildman–Crippen MR) is 80.2 cm³/mol. The fourth-order valence-electron chi connectivity index (χ4n) is 1.67. The Hall–Kier alpha value is -3.17. The second-order valence-electron chi connectivity index (χ2n) is 4.48. The summed E-state index contributed by atoms with van der Waals surface area (Å²) in [4.78, 5) is 43.2. The summed E-state index contributed by atoms with van der Waals surface area (Å²) in [5.74, 6) is -2.16. The average Bonchev–Trinajstić information content (AvgIpc) is 2.48. The Morgan fingerprint density at radius 3 is 2.48 bits per heavy atom. The molecule has 10 heteroatoms. The molecule has 124 valence electrons. The van der Waals surface area contributed by atoms with Gasteiger partial charge in [0.05, 0.1) is 4.92 Å². The number of nitrogens with one attached hydrogen (secondary N) is 3. The normalized spacial score (nSPS) is 9.78. The van der Waals surface area contributed by atoms with Crippen LogP contribution in [-0.4, -0.2) is 47.4 Å². The molecule has 0 radical (unpaired) electrons. The molecule has 0 aliphatic rings. The van der Waals surface area contributed by atoms with Gasteiger partial charge in [-0.05, 0) is 12.1 Å². The molecule has 0 aliphatic carbocycles. The molecule has 4 N–H and O–H groups in total. The summed E-state index contributed by atoms with van der Waals surface area (Å²) in [6, 6.07) is 3.74. The highest BCUT2D eigenvalue weighted by Gasteiger charge is 2.17. The van der Waals surface area contributed by atoms with Gasteiger partial charge in [-0.15, -0.1) is 0 Å². The number of benzene rings is 1. The molecule has 0 aliphatic heterocycles. The Kier molecular flexibility index (Phi) is 6.46. The minimum absolute atomic E-state index is 0.0228. The van der Waals surface area contributed by atoms with Crippen molar-refractivity contribution in [2.45, 2.75) is 6.92 Å². The van der Waals surface area contributed by atoms with Gasteiger partial charge in [0.2, 0.25) is 5.91 Å². The van der Waals surface area contributed by atoms with Gasteiger partial charge in [0.25, 0.3) is 11.6 Å². The zero-order valence-corrected chi connectivity index (χ0v) is 12.3. The quantitative estimate of drug-likeness (QED) is 0.297. The number of aliphatic carboxylic acids is 1. The zero-order chi connectivity index (χ0) is 17.4. The number of nitro groups is 1. The third-order valence-corrected chi connectivity index (χ3v) is 2.67. The highest BCUT2D eigenvalue weighted by molar-refractivity contribution is 5.97. The van der Waals surface area contributed by atoms with E-state index in [1.54, 1.807) is 0 Å². The van der Waals surface area contributed by atoms with Gasteiger partial charge in [-0.3, -0.25) is 24.5 Å². The van der Waals surface area contributed by atoms with Crippen LogP contribution in [-0.2, 0) is 9.59 Å². The summed E-state index contributed by atoms with van der Waals surface area (Å²) < 4.78 is 0. The number of carbonyl (C=O) groups is 3. The molecule has 0 bridgehead atoms. The summed E-state index contributed by atoms with van der Waals surface area (Å²) in [5, 5.41) is 27.0.